The molecule has 1 aliphatic heterocycles. The summed E-state index contributed by atoms with van der Waals surface area (Å²) in [6, 6.07) is 2.90. The predicted octanol–water partition coefficient (Wildman–Crippen LogP) is 2.69. The monoisotopic (exact) mass is 491 g/mol. The molecule has 4 rings (SSSR count). The minimum absolute atomic E-state index is 0.222. The molecule has 2 saturated carbocycles. The van der Waals surface area contributed by atoms with Crippen molar-refractivity contribution in [3.63, 3.8) is 0 Å². The lowest BCUT2D eigenvalue weighted by molar-refractivity contribution is 0.0356. The number of halogens is 1. The maximum Gasteiger partial charge on any atom is 0.407 e. The molecule has 8 nitrogen and oxygen atoms in total. The molecule has 3 fully saturated rings. The van der Waals surface area contributed by atoms with Crippen LogP contribution in [0, 0.1) is 11.3 Å². The first-order valence-electron chi connectivity index (χ1n) is 10.9. The third kappa shape index (κ3) is 5.54. The second-order valence-corrected chi connectivity index (χ2v) is 12.3. The molecule has 174 valence electrons. The Kier molecular flexibility index (Phi) is 7.45. The van der Waals surface area contributed by atoms with E-state index < -0.39 is 16.1 Å². The minimum atomic E-state index is -3.66. The molecule has 31 heavy (non-hydrogen) atoms. The van der Waals surface area contributed by atoms with Crippen molar-refractivity contribution >= 4 is 39.1 Å². The Balaban J connectivity index is 1.32. The van der Waals surface area contributed by atoms with E-state index in [1.807, 2.05) is 0 Å². The highest BCUT2D eigenvalue weighted by Gasteiger charge is 2.53. The van der Waals surface area contributed by atoms with Gasteiger partial charge in [0, 0.05) is 37.6 Å². The third-order valence-corrected chi connectivity index (χ3v) is 9.95. The van der Waals surface area contributed by atoms with E-state index >= 15 is 0 Å². The Morgan fingerprint density at radius 2 is 2.10 bits per heavy atom. The first-order valence-corrected chi connectivity index (χ1v) is 13.5. The number of nitrogens with one attached hydrogen (secondary N) is 2. The van der Waals surface area contributed by atoms with Crippen LogP contribution in [0.1, 0.15) is 32.1 Å². The van der Waals surface area contributed by atoms with Crippen LogP contribution in [0.3, 0.4) is 0 Å². The van der Waals surface area contributed by atoms with Crippen molar-refractivity contribution in [2.45, 2.75) is 42.4 Å². The number of thiophene rings is 1. The van der Waals surface area contributed by atoms with E-state index in [-0.39, 0.29) is 28.2 Å². The van der Waals surface area contributed by atoms with Crippen LogP contribution in [0.25, 0.3) is 0 Å². The molecule has 1 aromatic heterocycles. The summed E-state index contributed by atoms with van der Waals surface area (Å²) in [6.45, 7) is 4.70. The average molecular weight is 492 g/mol. The molecule has 11 heteroatoms. The average Bonchev–Trinajstić information content (AvgIpc) is 3.25. The van der Waals surface area contributed by atoms with Crippen molar-refractivity contribution < 1.29 is 22.7 Å². The Morgan fingerprint density at radius 3 is 2.84 bits per heavy atom. The summed E-state index contributed by atoms with van der Waals surface area (Å²) < 4.78 is 40.3. The van der Waals surface area contributed by atoms with Gasteiger partial charge in [-0.05, 0) is 43.7 Å². The number of nitrogens with zero attached hydrogens (tertiary/aromatic N) is 1. The second kappa shape index (κ2) is 9.93. The number of ether oxygens (including phenoxy) is 2. The lowest BCUT2D eigenvalue weighted by atomic mass is 9.72. The lowest BCUT2D eigenvalue weighted by Gasteiger charge is -2.40. The SMILES string of the molecule is O=C(NCCN1CCOCC1)OCC12CCCC(CC1)C2NS(=O)(=O)c1ccc(Cl)s1. The van der Waals surface area contributed by atoms with Gasteiger partial charge in [-0.1, -0.05) is 18.0 Å². The fourth-order valence-electron chi connectivity index (χ4n) is 5.13. The fourth-order valence-corrected chi connectivity index (χ4v) is 8.03. The van der Waals surface area contributed by atoms with E-state index in [1.165, 1.54) is 6.07 Å². The molecule has 2 bridgehead atoms. The number of sulfonamides is 1. The molecule has 3 atom stereocenters. The van der Waals surface area contributed by atoms with E-state index in [0.717, 1.165) is 76.3 Å². The normalized spacial score (nSPS) is 29.1. The molecule has 2 aliphatic carbocycles. The van der Waals surface area contributed by atoms with E-state index in [0.29, 0.717) is 10.9 Å². The highest BCUT2D eigenvalue weighted by atomic mass is 35.5. The van der Waals surface area contributed by atoms with Crippen molar-refractivity contribution in [3.8, 4) is 0 Å². The van der Waals surface area contributed by atoms with Gasteiger partial charge in [0.1, 0.15) is 10.8 Å². The Bertz CT molecular complexity index is 870. The van der Waals surface area contributed by atoms with Crippen molar-refractivity contribution in [1.82, 2.24) is 14.9 Å². The van der Waals surface area contributed by atoms with Crippen molar-refractivity contribution in [2.75, 3.05) is 46.0 Å². The van der Waals surface area contributed by atoms with Crippen LogP contribution in [0.2, 0.25) is 4.34 Å². The van der Waals surface area contributed by atoms with Gasteiger partial charge in [-0.3, -0.25) is 4.90 Å². The van der Waals surface area contributed by atoms with Crippen LogP contribution in [0.5, 0.6) is 0 Å². The van der Waals surface area contributed by atoms with Gasteiger partial charge >= 0.3 is 6.09 Å². The second-order valence-electron chi connectivity index (χ2n) is 8.67. The maximum absolute atomic E-state index is 12.9. The van der Waals surface area contributed by atoms with Crippen LogP contribution in [0.15, 0.2) is 16.3 Å². The molecule has 1 amide bonds. The molecule has 1 saturated heterocycles. The number of fused-ring (bicyclic) bond motifs is 2. The van der Waals surface area contributed by atoms with Gasteiger partial charge in [-0.2, -0.15) is 0 Å². The topological polar surface area (TPSA) is 97.0 Å². The number of alkyl carbamates (subject to hydrolysis) is 1. The molecule has 2 N–H and O–H groups in total. The summed E-state index contributed by atoms with van der Waals surface area (Å²) in [7, 11) is -3.66. The highest BCUT2D eigenvalue weighted by Crippen LogP contribution is 2.52. The first-order chi connectivity index (χ1) is 14.9. The zero-order valence-electron chi connectivity index (χ0n) is 17.5. The molecule has 0 spiro atoms. The van der Waals surface area contributed by atoms with Crippen LogP contribution in [0.4, 0.5) is 4.79 Å². The van der Waals surface area contributed by atoms with Gasteiger partial charge in [-0.25, -0.2) is 17.9 Å². The zero-order valence-corrected chi connectivity index (χ0v) is 19.9. The number of amides is 1. The molecular weight excluding hydrogens is 462 g/mol. The fraction of sp³-hybridized carbons (Fsp3) is 0.750. The number of hydrogen-bond donors (Lipinski definition) is 2. The smallest absolute Gasteiger partial charge is 0.407 e. The molecule has 1 aromatic rings. The summed E-state index contributed by atoms with van der Waals surface area (Å²) in [5.74, 6) is 0.270. The van der Waals surface area contributed by atoms with E-state index in [4.69, 9.17) is 21.1 Å². The molecular formula is C20H30ClN3O5S2. The van der Waals surface area contributed by atoms with Gasteiger partial charge in [0.05, 0.1) is 17.6 Å². The predicted molar refractivity (Wildman–Crippen MR) is 119 cm³/mol. The van der Waals surface area contributed by atoms with Gasteiger partial charge < -0.3 is 14.8 Å². The van der Waals surface area contributed by atoms with Crippen LogP contribution < -0.4 is 10.0 Å². The van der Waals surface area contributed by atoms with Gasteiger partial charge in [-0.15, -0.1) is 11.3 Å². The molecule has 2 heterocycles. The largest absolute Gasteiger partial charge is 0.449 e. The Labute approximate surface area is 192 Å². The quantitative estimate of drug-likeness (QED) is 0.580. The first kappa shape index (κ1) is 23.3. The molecule has 3 unspecified atom stereocenters. The number of carbonyl (C=O) groups is 1. The number of morpholine rings is 1. The lowest BCUT2D eigenvalue weighted by Crippen LogP contribution is -2.52. The number of rotatable bonds is 8. The standard InChI is InChI=1S/C20H30ClN3O5S2/c21-16-3-4-17(30-16)31(26,27)23-18-15-2-1-6-20(18,7-5-15)14-29-19(25)22-8-9-24-10-12-28-13-11-24/h3-4,15,18,23H,1-2,5-14H2,(H,22,25). The van der Waals surface area contributed by atoms with E-state index in [2.05, 4.69) is 14.9 Å². The molecule has 3 aliphatic rings. The summed E-state index contributed by atoms with van der Waals surface area (Å²) in [4.78, 5) is 14.5. The van der Waals surface area contributed by atoms with Crippen LogP contribution >= 0.6 is 22.9 Å². The summed E-state index contributed by atoms with van der Waals surface area (Å²) >= 11 is 6.99. The van der Waals surface area contributed by atoms with Gasteiger partial charge in [0.25, 0.3) is 0 Å². The van der Waals surface area contributed by atoms with E-state index in [9.17, 15) is 13.2 Å². The Morgan fingerprint density at radius 1 is 1.29 bits per heavy atom. The molecule has 0 aromatic carbocycles. The van der Waals surface area contributed by atoms with Crippen molar-refractivity contribution in [3.05, 3.63) is 16.5 Å². The maximum atomic E-state index is 12.9. The Hall–Kier alpha value is -0.910. The number of carbonyl (C=O) groups excluding carboxylic acids is 1. The summed E-state index contributed by atoms with van der Waals surface area (Å²) in [6.07, 6.45) is 4.23. The summed E-state index contributed by atoms with van der Waals surface area (Å²) in [5.41, 5.74) is -0.349. The van der Waals surface area contributed by atoms with E-state index in [1.54, 1.807) is 6.07 Å². The van der Waals surface area contributed by atoms with Crippen LogP contribution in [-0.2, 0) is 19.5 Å². The van der Waals surface area contributed by atoms with Gasteiger partial charge in [0.15, 0.2) is 0 Å². The van der Waals surface area contributed by atoms with Crippen molar-refractivity contribution in [2.24, 2.45) is 11.3 Å². The highest BCUT2D eigenvalue weighted by molar-refractivity contribution is 7.91. The van der Waals surface area contributed by atoms with Crippen molar-refractivity contribution in [1.29, 1.82) is 0 Å². The summed E-state index contributed by atoms with van der Waals surface area (Å²) in [5, 5.41) is 2.82. The van der Waals surface area contributed by atoms with Gasteiger partial charge in [0.2, 0.25) is 10.0 Å². The zero-order chi connectivity index (χ0) is 21.9. The number of hydrogen-bond acceptors (Lipinski definition) is 7. The minimum Gasteiger partial charge on any atom is -0.449 e. The third-order valence-electron chi connectivity index (χ3n) is 6.78. The van der Waals surface area contributed by atoms with Crippen LogP contribution in [-0.4, -0.2) is 71.5 Å². The molecule has 0 radical (unpaired) electrons.